The SMILES string of the molecule is C[C@@H]1COC[C@@H](C)N1C(=O)Cc1ccc([N+](=O)[O-])cc1. The van der Waals surface area contributed by atoms with E-state index in [9.17, 15) is 14.9 Å². The topological polar surface area (TPSA) is 72.7 Å². The Labute approximate surface area is 117 Å². The second kappa shape index (κ2) is 6.00. The summed E-state index contributed by atoms with van der Waals surface area (Å²) in [6, 6.07) is 6.23. The van der Waals surface area contributed by atoms with Gasteiger partial charge in [-0.3, -0.25) is 14.9 Å². The highest BCUT2D eigenvalue weighted by Crippen LogP contribution is 2.17. The highest BCUT2D eigenvalue weighted by atomic mass is 16.6. The van der Waals surface area contributed by atoms with Crippen molar-refractivity contribution in [1.82, 2.24) is 4.90 Å². The van der Waals surface area contributed by atoms with Gasteiger partial charge in [0.15, 0.2) is 0 Å². The first-order chi connectivity index (χ1) is 9.49. The van der Waals surface area contributed by atoms with Crippen LogP contribution in [0.4, 0.5) is 5.69 Å². The minimum atomic E-state index is -0.447. The van der Waals surface area contributed by atoms with Crippen molar-refractivity contribution in [2.45, 2.75) is 32.4 Å². The van der Waals surface area contributed by atoms with E-state index in [1.807, 2.05) is 18.7 Å². The normalized spacial score (nSPS) is 22.6. The van der Waals surface area contributed by atoms with Crippen LogP contribution in [0.3, 0.4) is 0 Å². The van der Waals surface area contributed by atoms with E-state index in [4.69, 9.17) is 4.74 Å². The van der Waals surface area contributed by atoms with Crippen LogP contribution in [0.5, 0.6) is 0 Å². The predicted octanol–water partition coefficient (Wildman–Crippen LogP) is 1.77. The average Bonchev–Trinajstić information content (AvgIpc) is 2.39. The summed E-state index contributed by atoms with van der Waals surface area (Å²) in [7, 11) is 0. The first kappa shape index (κ1) is 14.5. The predicted molar refractivity (Wildman–Crippen MR) is 73.4 cm³/mol. The number of morpholine rings is 1. The molecule has 0 saturated carbocycles. The Morgan fingerprint density at radius 1 is 1.30 bits per heavy atom. The maximum absolute atomic E-state index is 12.3. The van der Waals surface area contributed by atoms with Crippen LogP contribution < -0.4 is 0 Å². The Bertz CT molecular complexity index is 490. The average molecular weight is 278 g/mol. The largest absolute Gasteiger partial charge is 0.377 e. The summed E-state index contributed by atoms with van der Waals surface area (Å²) in [5.41, 5.74) is 0.820. The van der Waals surface area contributed by atoms with Gasteiger partial charge in [-0.1, -0.05) is 12.1 Å². The zero-order valence-corrected chi connectivity index (χ0v) is 11.6. The lowest BCUT2D eigenvalue weighted by Crippen LogP contribution is -2.53. The van der Waals surface area contributed by atoms with Gasteiger partial charge in [0.1, 0.15) is 0 Å². The maximum Gasteiger partial charge on any atom is 0.269 e. The molecular weight excluding hydrogens is 260 g/mol. The number of nitro groups is 1. The van der Waals surface area contributed by atoms with Crippen LogP contribution in [0.1, 0.15) is 19.4 Å². The number of hydrogen-bond donors (Lipinski definition) is 0. The zero-order chi connectivity index (χ0) is 14.7. The van der Waals surface area contributed by atoms with Crippen molar-refractivity contribution in [3.05, 3.63) is 39.9 Å². The number of nitro benzene ring substituents is 1. The minimum absolute atomic E-state index is 0.0298. The summed E-state index contributed by atoms with van der Waals surface area (Å²) < 4.78 is 5.40. The molecule has 1 aliphatic rings. The minimum Gasteiger partial charge on any atom is -0.377 e. The van der Waals surface area contributed by atoms with Gasteiger partial charge in [-0.2, -0.15) is 0 Å². The van der Waals surface area contributed by atoms with E-state index in [1.54, 1.807) is 12.1 Å². The smallest absolute Gasteiger partial charge is 0.269 e. The van der Waals surface area contributed by atoms with Crippen LogP contribution in [0, 0.1) is 10.1 Å². The molecule has 20 heavy (non-hydrogen) atoms. The van der Waals surface area contributed by atoms with Gasteiger partial charge < -0.3 is 9.64 Å². The molecule has 0 bridgehead atoms. The molecule has 1 aliphatic heterocycles. The van der Waals surface area contributed by atoms with Gasteiger partial charge in [0.2, 0.25) is 5.91 Å². The number of carbonyl (C=O) groups excluding carboxylic acids is 1. The van der Waals surface area contributed by atoms with E-state index in [0.29, 0.717) is 13.2 Å². The Hall–Kier alpha value is -1.95. The fourth-order valence-electron chi connectivity index (χ4n) is 2.50. The third-order valence-electron chi connectivity index (χ3n) is 3.46. The standard InChI is InChI=1S/C14H18N2O4/c1-10-8-20-9-11(2)15(10)14(17)7-12-3-5-13(6-4-12)16(18)19/h3-6,10-11H,7-9H2,1-2H3/t10-,11-/m1/s1. The van der Waals surface area contributed by atoms with Crippen molar-refractivity contribution in [1.29, 1.82) is 0 Å². The van der Waals surface area contributed by atoms with E-state index < -0.39 is 4.92 Å². The van der Waals surface area contributed by atoms with E-state index in [0.717, 1.165) is 5.56 Å². The lowest BCUT2D eigenvalue weighted by molar-refractivity contribution is -0.384. The summed E-state index contributed by atoms with van der Waals surface area (Å²) in [4.78, 5) is 24.3. The number of amides is 1. The van der Waals surface area contributed by atoms with Gasteiger partial charge in [0, 0.05) is 12.1 Å². The van der Waals surface area contributed by atoms with E-state index in [-0.39, 0.29) is 30.1 Å². The second-order valence-corrected chi connectivity index (χ2v) is 5.14. The van der Waals surface area contributed by atoms with Crippen molar-refractivity contribution in [3.63, 3.8) is 0 Å². The fraction of sp³-hybridized carbons (Fsp3) is 0.500. The molecule has 6 nitrogen and oxygen atoms in total. The summed E-state index contributed by atoms with van der Waals surface area (Å²) in [6.45, 7) is 5.03. The third kappa shape index (κ3) is 3.14. The quantitative estimate of drug-likeness (QED) is 0.624. The lowest BCUT2D eigenvalue weighted by Gasteiger charge is -2.38. The molecule has 0 N–H and O–H groups in total. The summed E-state index contributed by atoms with van der Waals surface area (Å²) in [5.74, 6) is 0.0298. The van der Waals surface area contributed by atoms with Crippen molar-refractivity contribution in [3.8, 4) is 0 Å². The van der Waals surface area contributed by atoms with Crippen molar-refractivity contribution >= 4 is 11.6 Å². The molecule has 2 atom stereocenters. The van der Waals surface area contributed by atoms with Crippen molar-refractivity contribution in [2.24, 2.45) is 0 Å². The molecule has 108 valence electrons. The van der Waals surface area contributed by atoms with Gasteiger partial charge >= 0.3 is 0 Å². The number of carbonyl (C=O) groups is 1. The zero-order valence-electron chi connectivity index (χ0n) is 11.6. The molecular formula is C14H18N2O4. The molecule has 1 amide bonds. The Morgan fingerprint density at radius 3 is 2.35 bits per heavy atom. The molecule has 0 unspecified atom stereocenters. The number of ether oxygens (including phenoxy) is 1. The number of nitrogens with zero attached hydrogens (tertiary/aromatic N) is 2. The first-order valence-electron chi connectivity index (χ1n) is 6.61. The molecule has 1 heterocycles. The number of rotatable bonds is 3. The third-order valence-corrected chi connectivity index (χ3v) is 3.46. The molecule has 0 aliphatic carbocycles. The van der Waals surface area contributed by atoms with Crippen molar-refractivity contribution < 1.29 is 14.5 Å². The Balaban J connectivity index is 2.05. The van der Waals surface area contributed by atoms with Crippen LogP contribution in [-0.2, 0) is 16.0 Å². The highest BCUT2D eigenvalue weighted by molar-refractivity contribution is 5.79. The Kier molecular flexibility index (Phi) is 4.34. The van der Waals surface area contributed by atoms with E-state index >= 15 is 0 Å². The fourth-order valence-corrected chi connectivity index (χ4v) is 2.50. The number of hydrogen-bond acceptors (Lipinski definition) is 4. The van der Waals surface area contributed by atoms with Crippen LogP contribution in [0.25, 0.3) is 0 Å². The summed E-state index contributed by atoms with van der Waals surface area (Å²) in [6.07, 6.45) is 0.257. The molecule has 0 aromatic heterocycles. The number of benzene rings is 1. The van der Waals surface area contributed by atoms with Crippen LogP contribution in [0.15, 0.2) is 24.3 Å². The molecule has 0 radical (unpaired) electrons. The summed E-state index contributed by atoms with van der Waals surface area (Å²) in [5, 5.41) is 10.6. The first-order valence-corrected chi connectivity index (χ1v) is 6.61. The van der Waals surface area contributed by atoms with Gasteiger partial charge in [0.25, 0.3) is 5.69 Å². The maximum atomic E-state index is 12.3. The van der Waals surface area contributed by atoms with Gasteiger partial charge in [-0.25, -0.2) is 0 Å². The van der Waals surface area contributed by atoms with Gasteiger partial charge in [-0.15, -0.1) is 0 Å². The van der Waals surface area contributed by atoms with E-state index in [2.05, 4.69) is 0 Å². The molecule has 0 spiro atoms. The molecule has 6 heteroatoms. The molecule has 1 fully saturated rings. The second-order valence-electron chi connectivity index (χ2n) is 5.14. The van der Waals surface area contributed by atoms with Crippen molar-refractivity contribution in [2.75, 3.05) is 13.2 Å². The van der Waals surface area contributed by atoms with Crippen LogP contribution in [0.2, 0.25) is 0 Å². The van der Waals surface area contributed by atoms with Gasteiger partial charge in [-0.05, 0) is 19.4 Å². The van der Waals surface area contributed by atoms with Crippen LogP contribution >= 0.6 is 0 Å². The molecule has 1 aromatic rings. The van der Waals surface area contributed by atoms with Gasteiger partial charge in [0.05, 0.1) is 36.6 Å². The molecule has 1 aromatic carbocycles. The lowest BCUT2D eigenvalue weighted by atomic mass is 10.1. The molecule has 2 rings (SSSR count). The Morgan fingerprint density at radius 2 is 1.85 bits per heavy atom. The summed E-state index contributed by atoms with van der Waals surface area (Å²) >= 11 is 0. The van der Waals surface area contributed by atoms with E-state index in [1.165, 1.54) is 12.1 Å². The number of non-ortho nitro benzene ring substituents is 1. The monoisotopic (exact) mass is 278 g/mol. The molecule has 1 saturated heterocycles. The highest BCUT2D eigenvalue weighted by Gasteiger charge is 2.29. The van der Waals surface area contributed by atoms with Crippen LogP contribution in [-0.4, -0.2) is 41.0 Å².